The fourth-order valence-corrected chi connectivity index (χ4v) is 10.5. The lowest BCUT2D eigenvalue weighted by Gasteiger charge is -2.46. The molecule has 0 aliphatic carbocycles. The lowest BCUT2D eigenvalue weighted by Crippen LogP contribution is -2.65. The summed E-state index contributed by atoms with van der Waals surface area (Å²) in [5.41, 5.74) is 0. The number of hydrogen-bond donors (Lipinski definition) is 9. The molecule has 0 aromatic carbocycles. The summed E-state index contributed by atoms with van der Waals surface area (Å²) in [4.78, 5) is 13.3. The van der Waals surface area contributed by atoms with E-state index in [0.717, 1.165) is 38.5 Å². The lowest BCUT2D eigenvalue weighted by atomic mass is 9.97. The quantitative estimate of drug-likeness (QED) is 0.0204. The highest BCUT2D eigenvalue weighted by molar-refractivity contribution is 5.76. The van der Waals surface area contributed by atoms with Crippen LogP contribution in [0.2, 0.25) is 0 Å². The van der Waals surface area contributed by atoms with E-state index in [1.165, 1.54) is 205 Å². The molecule has 0 aromatic rings. The Hall–Kier alpha value is -1.27. The van der Waals surface area contributed by atoms with Crippen LogP contribution in [-0.2, 0) is 23.7 Å². The zero-order valence-electron chi connectivity index (χ0n) is 47.1. The first-order valence-corrected chi connectivity index (χ1v) is 30.9. The summed E-state index contributed by atoms with van der Waals surface area (Å²) < 4.78 is 22.8. The van der Waals surface area contributed by atoms with Crippen LogP contribution in [0.25, 0.3) is 0 Å². The second-order valence-corrected chi connectivity index (χ2v) is 22.2. The molecule has 0 saturated carbocycles. The number of ether oxygens (including phenoxy) is 4. The van der Waals surface area contributed by atoms with Crippen LogP contribution < -0.4 is 5.32 Å². The van der Waals surface area contributed by atoms with Gasteiger partial charge in [0.25, 0.3) is 0 Å². The maximum Gasteiger partial charge on any atom is 0.220 e. The van der Waals surface area contributed by atoms with Crippen molar-refractivity contribution in [2.75, 3.05) is 19.8 Å². The highest BCUT2D eigenvalue weighted by Crippen LogP contribution is 2.30. The first-order valence-electron chi connectivity index (χ1n) is 30.9. The van der Waals surface area contributed by atoms with Gasteiger partial charge in [-0.15, -0.1) is 0 Å². The predicted molar refractivity (Wildman–Crippen MR) is 295 cm³/mol. The highest BCUT2D eigenvalue weighted by Gasteiger charge is 2.51. The van der Waals surface area contributed by atoms with Crippen molar-refractivity contribution in [1.82, 2.24) is 5.32 Å². The van der Waals surface area contributed by atoms with Crippen molar-refractivity contribution in [1.29, 1.82) is 0 Å². The lowest BCUT2D eigenvalue weighted by molar-refractivity contribution is -0.359. The Morgan fingerprint density at radius 3 is 1.24 bits per heavy atom. The van der Waals surface area contributed by atoms with E-state index in [-0.39, 0.29) is 18.9 Å². The van der Waals surface area contributed by atoms with Gasteiger partial charge >= 0.3 is 0 Å². The summed E-state index contributed by atoms with van der Waals surface area (Å²) in [5, 5.41) is 87.1. The minimum absolute atomic E-state index is 0.233. The Morgan fingerprint density at radius 1 is 0.473 bits per heavy atom. The average molecular weight is 1060 g/mol. The fourth-order valence-electron chi connectivity index (χ4n) is 10.5. The SMILES string of the molecule is CCCCCCCCCCCCCCC/C=C/C(O)C(COC1OC(CO)C(OC2OC(CO)C(O)C(O)C2O)C(O)C1O)NC(=O)CCCCCCCCCCCCCCCCCCCCCCCCCCC. The number of carbonyl (C=O) groups excluding carboxylic acids is 1. The van der Waals surface area contributed by atoms with Crippen LogP contribution in [0.4, 0.5) is 0 Å². The van der Waals surface area contributed by atoms with Gasteiger partial charge in [-0.05, 0) is 19.3 Å². The molecule has 0 bridgehead atoms. The molecular weight excluding hydrogens is 943 g/mol. The summed E-state index contributed by atoms with van der Waals surface area (Å²) in [5.74, 6) is -0.233. The zero-order chi connectivity index (χ0) is 53.9. The van der Waals surface area contributed by atoms with Gasteiger partial charge in [0.15, 0.2) is 12.6 Å². The monoisotopic (exact) mass is 1060 g/mol. The number of amides is 1. The number of aliphatic hydroxyl groups is 8. The van der Waals surface area contributed by atoms with E-state index < -0.39 is 86.8 Å². The molecule has 12 unspecified atom stereocenters. The smallest absolute Gasteiger partial charge is 0.220 e. The second kappa shape index (κ2) is 46.6. The van der Waals surface area contributed by atoms with E-state index in [1.54, 1.807) is 6.08 Å². The van der Waals surface area contributed by atoms with Crippen molar-refractivity contribution in [3.05, 3.63) is 12.2 Å². The normalized spacial score (nSPS) is 25.2. The highest BCUT2D eigenvalue weighted by atomic mass is 16.7. The first-order chi connectivity index (χ1) is 36.1. The Kier molecular flexibility index (Phi) is 43.4. The fraction of sp³-hybridized carbons (Fsp3) is 0.950. The van der Waals surface area contributed by atoms with Crippen molar-refractivity contribution >= 4 is 5.91 Å². The van der Waals surface area contributed by atoms with Gasteiger partial charge in [0, 0.05) is 6.42 Å². The molecule has 2 rings (SSSR count). The van der Waals surface area contributed by atoms with Gasteiger partial charge < -0.3 is 65.1 Å². The Morgan fingerprint density at radius 2 is 0.838 bits per heavy atom. The van der Waals surface area contributed by atoms with Gasteiger partial charge in [0.1, 0.15) is 48.8 Å². The maximum absolute atomic E-state index is 13.3. The molecule has 0 radical (unpaired) electrons. The van der Waals surface area contributed by atoms with E-state index >= 15 is 0 Å². The van der Waals surface area contributed by atoms with Crippen LogP contribution in [0.3, 0.4) is 0 Å². The molecule has 2 fully saturated rings. The molecular formula is C60H115NO13. The van der Waals surface area contributed by atoms with Crippen molar-refractivity contribution in [3.8, 4) is 0 Å². The maximum atomic E-state index is 13.3. The van der Waals surface area contributed by atoms with E-state index in [4.69, 9.17) is 18.9 Å². The standard InChI is InChI=1S/C60H115NO13/c1-3-5-7-9-11-13-15-17-19-20-21-22-23-24-25-26-27-28-30-32-34-36-38-40-42-44-52(65)61-48(49(64)43-41-39-37-35-33-31-29-18-16-14-12-10-8-6-4-2)47-71-59-57(70)55(68)58(51(46-63)73-59)74-60-56(69)54(67)53(66)50(45-62)72-60/h41,43,48-51,53-60,62-64,66-70H,3-40,42,44-47H2,1-2H3,(H,61,65)/b43-41+. The van der Waals surface area contributed by atoms with Gasteiger partial charge in [-0.2, -0.15) is 0 Å². The molecule has 2 heterocycles. The minimum Gasteiger partial charge on any atom is -0.394 e. The van der Waals surface area contributed by atoms with Crippen LogP contribution in [0.5, 0.6) is 0 Å². The van der Waals surface area contributed by atoms with Crippen LogP contribution in [-0.4, -0.2) is 140 Å². The van der Waals surface area contributed by atoms with E-state index in [1.807, 2.05) is 6.08 Å². The molecule has 2 aliphatic heterocycles. The molecule has 14 heteroatoms. The number of rotatable bonds is 50. The predicted octanol–water partition coefficient (Wildman–Crippen LogP) is 10.7. The van der Waals surface area contributed by atoms with E-state index in [9.17, 15) is 45.6 Å². The zero-order valence-corrected chi connectivity index (χ0v) is 47.1. The Bertz CT molecular complexity index is 1290. The molecule has 438 valence electrons. The number of hydrogen-bond acceptors (Lipinski definition) is 13. The molecule has 1 amide bonds. The summed E-state index contributed by atoms with van der Waals surface area (Å²) >= 11 is 0. The number of carbonyl (C=O) groups is 1. The topological polar surface area (TPSA) is 228 Å². The molecule has 14 nitrogen and oxygen atoms in total. The summed E-state index contributed by atoms with van der Waals surface area (Å²) in [6.07, 6.45) is 36.8. The third-order valence-corrected chi connectivity index (χ3v) is 15.5. The molecule has 0 aromatic heterocycles. The summed E-state index contributed by atoms with van der Waals surface area (Å²) in [6.45, 7) is 2.83. The molecule has 2 saturated heterocycles. The summed E-state index contributed by atoms with van der Waals surface area (Å²) in [7, 11) is 0. The van der Waals surface area contributed by atoms with Gasteiger partial charge in [0.05, 0.1) is 32.0 Å². The van der Waals surface area contributed by atoms with E-state index in [2.05, 4.69) is 19.2 Å². The average Bonchev–Trinajstić information content (AvgIpc) is 3.40. The van der Waals surface area contributed by atoms with Crippen molar-refractivity contribution in [2.45, 2.75) is 344 Å². The van der Waals surface area contributed by atoms with Gasteiger partial charge in [-0.3, -0.25) is 4.79 Å². The minimum atomic E-state index is -1.79. The number of allylic oxidation sites excluding steroid dienone is 1. The van der Waals surface area contributed by atoms with Gasteiger partial charge in [-0.1, -0.05) is 257 Å². The van der Waals surface area contributed by atoms with Crippen LogP contribution in [0, 0.1) is 0 Å². The largest absolute Gasteiger partial charge is 0.394 e. The number of nitrogens with one attached hydrogen (secondary N) is 1. The molecule has 12 atom stereocenters. The summed E-state index contributed by atoms with van der Waals surface area (Å²) in [6, 6.07) is -0.909. The number of aliphatic hydroxyl groups excluding tert-OH is 8. The van der Waals surface area contributed by atoms with E-state index in [0.29, 0.717) is 6.42 Å². The van der Waals surface area contributed by atoms with Crippen molar-refractivity contribution in [2.24, 2.45) is 0 Å². The van der Waals surface area contributed by atoms with Crippen LogP contribution >= 0.6 is 0 Å². The van der Waals surface area contributed by atoms with Crippen LogP contribution in [0.1, 0.15) is 271 Å². The third-order valence-electron chi connectivity index (χ3n) is 15.5. The third kappa shape index (κ3) is 32.0. The first kappa shape index (κ1) is 68.8. The molecule has 9 N–H and O–H groups in total. The Labute approximate surface area is 450 Å². The number of unbranched alkanes of at least 4 members (excludes halogenated alkanes) is 37. The molecule has 2 aliphatic rings. The van der Waals surface area contributed by atoms with Crippen LogP contribution in [0.15, 0.2) is 12.2 Å². The van der Waals surface area contributed by atoms with Crippen molar-refractivity contribution in [3.63, 3.8) is 0 Å². The molecule has 0 spiro atoms. The molecule has 74 heavy (non-hydrogen) atoms. The van der Waals surface area contributed by atoms with Gasteiger partial charge in [-0.25, -0.2) is 0 Å². The van der Waals surface area contributed by atoms with Crippen molar-refractivity contribution < 1.29 is 64.6 Å². The Balaban J connectivity index is 1.71. The van der Waals surface area contributed by atoms with Gasteiger partial charge in [0.2, 0.25) is 5.91 Å². The second-order valence-electron chi connectivity index (χ2n) is 22.2.